The van der Waals surface area contributed by atoms with Crippen molar-refractivity contribution in [2.45, 2.75) is 0 Å². The van der Waals surface area contributed by atoms with Crippen molar-refractivity contribution in [1.29, 1.82) is 0 Å². The van der Waals surface area contributed by atoms with Crippen molar-refractivity contribution in [3.63, 3.8) is 0 Å². The minimum absolute atomic E-state index is 0.500. The topological polar surface area (TPSA) is 39.4 Å². The Morgan fingerprint density at radius 2 is 0.818 bits per heavy atom. The first-order valence-corrected chi connectivity index (χ1v) is 8.41. The summed E-state index contributed by atoms with van der Waals surface area (Å²) in [7, 11) is -0.877. The average molecular weight is 301 g/mol. The third-order valence-corrected chi connectivity index (χ3v) is 5.92. The summed E-state index contributed by atoms with van der Waals surface area (Å²) in [6, 6.07) is 32.5. The lowest BCUT2D eigenvalue weighted by Crippen LogP contribution is -2.51. The molecule has 0 aromatic heterocycles. The number of carbonyl (C=O) groups excluding carboxylic acids is 1. The summed E-state index contributed by atoms with van der Waals surface area (Å²) in [4.78, 5) is 8.24. The van der Waals surface area contributed by atoms with Crippen LogP contribution in [0.15, 0.2) is 91.0 Å². The highest BCUT2D eigenvalue weighted by Gasteiger charge is 2.18. The van der Waals surface area contributed by atoms with Crippen molar-refractivity contribution in [1.82, 2.24) is 0 Å². The van der Waals surface area contributed by atoms with Gasteiger partial charge in [0.25, 0.3) is 0 Å². The van der Waals surface area contributed by atoms with Crippen LogP contribution in [0.1, 0.15) is 0 Å². The van der Waals surface area contributed by atoms with Gasteiger partial charge >= 0.3 is 0 Å². The minimum atomic E-state index is -0.877. The average Bonchev–Trinajstić information content (AvgIpc) is 2.59. The third-order valence-electron chi connectivity index (χ3n) is 3.19. The Hall–Kier alpha value is -2.74. The van der Waals surface area contributed by atoms with E-state index in [1.807, 2.05) is 0 Å². The summed E-state index contributed by atoms with van der Waals surface area (Å²) in [5, 5.41) is 11.1. The van der Waals surface area contributed by atoms with Gasteiger partial charge in [0.15, 0.2) is 8.80 Å². The first kappa shape index (κ1) is 15.6. The van der Waals surface area contributed by atoms with Crippen LogP contribution in [-0.4, -0.2) is 14.9 Å². The van der Waals surface area contributed by atoms with E-state index in [4.69, 9.17) is 10.2 Å². The van der Waals surface area contributed by atoms with Crippen LogP contribution in [0.2, 0.25) is 0 Å². The molecule has 0 saturated heterocycles. The fourth-order valence-electron chi connectivity index (χ4n) is 2.31. The zero-order valence-corrected chi connectivity index (χ0v) is 13.0. The number of hydrogen-bond acceptors (Lipinski definition) is 1. The highest BCUT2D eigenvalue weighted by Crippen LogP contribution is 1.95. The normalized spacial score (nSPS) is 9.50. The van der Waals surface area contributed by atoms with E-state index in [1.165, 1.54) is 15.6 Å². The molecule has 0 amide bonds. The standard InChI is InChI=1S/C18H15Si.CNO/c1-4-10-16(11-5-1)19(17-12-6-2-7-13-17)18-14-8-3-9-15-18;2-1-3/h1-15H;/q;-1. The molecule has 3 aromatic rings. The summed E-state index contributed by atoms with van der Waals surface area (Å²) >= 11 is 0. The van der Waals surface area contributed by atoms with Gasteiger partial charge in [0.05, 0.1) is 0 Å². The lowest BCUT2D eigenvalue weighted by Gasteiger charge is -2.16. The number of nitrogens with zero attached hydrogens (tertiary/aromatic N) is 1. The van der Waals surface area contributed by atoms with Gasteiger partial charge in [-0.15, -0.1) is 0 Å². The summed E-state index contributed by atoms with van der Waals surface area (Å²) in [5.74, 6) is 0. The van der Waals surface area contributed by atoms with Crippen molar-refractivity contribution in [2.75, 3.05) is 0 Å². The zero-order chi connectivity index (χ0) is 15.6. The van der Waals surface area contributed by atoms with E-state index in [0.29, 0.717) is 6.08 Å². The second kappa shape index (κ2) is 8.52. The molecule has 0 bridgehead atoms. The molecular weight excluding hydrogens is 286 g/mol. The molecule has 0 saturated carbocycles. The molecule has 3 heteroatoms. The van der Waals surface area contributed by atoms with Crippen LogP contribution in [0.4, 0.5) is 0 Å². The van der Waals surface area contributed by atoms with E-state index in [2.05, 4.69) is 91.0 Å². The molecule has 0 atom stereocenters. The van der Waals surface area contributed by atoms with E-state index >= 15 is 0 Å². The highest BCUT2D eigenvalue weighted by atomic mass is 28.3. The first-order valence-electron chi connectivity index (χ1n) is 6.91. The minimum Gasteiger partial charge on any atom is -0.724 e. The Morgan fingerprint density at radius 3 is 1.05 bits per heavy atom. The van der Waals surface area contributed by atoms with Crippen molar-refractivity contribution in [2.24, 2.45) is 0 Å². The summed E-state index contributed by atoms with van der Waals surface area (Å²) in [5.41, 5.74) is 0. The zero-order valence-electron chi connectivity index (χ0n) is 12.0. The van der Waals surface area contributed by atoms with Crippen LogP contribution >= 0.6 is 0 Å². The number of benzene rings is 3. The van der Waals surface area contributed by atoms with Gasteiger partial charge < -0.3 is 5.41 Å². The van der Waals surface area contributed by atoms with E-state index in [9.17, 15) is 0 Å². The molecule has 107 valence electrons. The molecule has 2 nitrogen and oxygen atoms in total. The van der Waals surface area contributed by atoms with Crippen LogP contribution in [0.5, 0.6) is 0 Å². The molecule has 0 aliphatic rings. The van der Waals surface area contributed by atoms with E-state index in [0.717, 1.165) is 0 Å². The lowest BCUT2D eigenvalue weighted by molar-refractivity contribution is 0.569. The molecule has 3 rings (SSSR count). The van der Waals surface area contributed by atoms with Crippen molar-refractivity contribution < 1.29 is 4.79 Å². The van der Waals surface area contributed by atoms with Gasteiger partial charge in [-0.1, -0.05) is 107 Å². The van der Waals surface area contributed by atoms with E-state index in [-0.39, 0.29) is 0 Å². The van der Waals surface area contributed by atoms with Crippen LogP contribution in [-0.2, 0) is 4.79 Å². The smallest absolute Gasteiger partial charge is 0.154 e. The second-order valence-corrected chi connectivity index (χ2v) is 7.05. The fourth-order valence-corrected chi connectivity index (χ4v) is 4.89. The Labute approximate surface area is 132 Å². The monoisotopic (exact) mass is 301 g/mol. The Balaban J connectivity index is 0.000000545. The number of hydrogen-bond donors (Lipinski definition) is 0. The van der Waals surface area contributed by atoms with Crippen LogP contribution in [0, 0.1) is 0 Å². The molecule has 0 aliphatic carbocycles. The third kappa shape index (κ3) is 4.12. The molecule has 0 fully saturated rings. The van der Waals surface area contributed by atoms with Gasteiger partial charge in [-0.2, -0.15) is 0 Å². The number of isocyanates is 1. The SMILES string of the molecule is [N-]=C=O.c1ccc([Si](c2ccccc2)c2ccccc2)cc1. The molecule has 0 unspecified atom stereocenters. The van der Waals surface area contributed by atoms with E-state index < -0.39 is 8.80 Å². The molecule has 0 heterocycles. The quantitative estimate of drug-likeness (QED) is 0.316. The van der Waals surface area contributed by atoms with Gasteiger partial charge in [0.2, 0.25) is 0 Å². The fraction of sp³-hybridized carbons (Fsp3) is 0. The molecule has 0 spiro atoms. The summed E-state index contributed by atoms with van der Waals surface area (Å²) in [6.07, 6.45) is 0.500. The molecular formula is C19H15NOSi-. The second-order valence-electron chi connectivity index (χ2n) is 4.56. The summed E-state index contributed by atoms with van der Waals surface area (Å²) in [6.45, 7) is 0. The molecule has 22 heavy (non-hydrogen) atoms. The first-order chi connectivity index (χ1) is 10.9. The van der Waals surface area contributed by atoms with Crippen LogP contribution in [0.3, 0.4) is 0 Å². The lowest BCUT2D eigenvalue weighted by atomic mass is 10.3. The van der Waals surface area contributed by atoms with Gasteiger partial charge in [0.1, 0.15) is 0 Å². The largest absolute Gasteiger partial charge is 0.724 e. The van der Waals surface area contributed by atoms with Crippen molar-refractivity contribution >= 4 is 30.4 Å². The van der Waals surface area contributed by atoms with Gasteiger partial charge in [-0.25, -0.2) is 0 Å². The van der Waals surface area contributed by atoms with Gasteiger partial charge in [-0.3, -0.25) is 4.79 Å². The summed E-state index contributed by atoms with van der Waals surface area (Å²) < 4.78 is 0. The van der Waals surface area contributed by atoms with Crippen LogP contribution < -0.4 is 15.6 Å². The number of rotatable bonds is 3. The molecule has 3 aromatic carbocycles. The Morgan fingerprint density at radius 1 is 0.591 bits per heavy atom. The van der Waals surface area contributed by atoms with Gasteiger partial charge in [-0.05, 0) is 6.08 Å². The Bertz CT molecular complexity index is 614. The maximum Gasteiger partial charge on any atom is 0.154 e. The predicted octanol–water partition coefficient (Wildman–Crippen LogP) is 2.09. The van der Waals surface area contributed by atoms with Gasteiger partial charge in [0, 0.05) is 0 Å². The predicted molar refractivity (Wildman–Crippen MR) is 93.0 cm³/mol. The maximum absolute atomic E-state index is 8.24. The highest BCUT2D eigenvalue weighted by molar-refractivity contribution is 6.95. The Kier molecular flexibility index (Phi) is 6.06. The molecule has 0 N–H and O–H groups in total. The van der Waals surface area contributed by atoms with E-state index in [1.54, 1.807) is 0 Å². The molecule has 1 radical (unpaired) electrons. The van der Waals surface area contributed by atoms with Crippen molar-refractivity contribution in [3.8, 4) is 0 Å². The van der Waals surface area contributed by atoms with Crippen LogP contribution in [0.25, 0.3) is 5.41 Å². The maximum atomic E-state index is 8.24. The molecule has 0 aliphatic heterocycles. The van der Waals surface area contributed by atoms with Crippen molar-refractivity contribution in [3.05, 3.63) is 96.4 Å².